The van der Waals surface area contributed by atoms with E-state index < -0.39 is 23.9 Å². The zero-order valence-corrected chi connectivity index (χ0v) is 25.1. The highest BCUT2D eigenvalue weighted by Gasteiger charge is 2.28. The number of hydrogen-bond donors (Lipinski definition) is 1. The van der Waals surface area contributed by atoms with Crippen LogP contribution in [-0.2, 0) is 20.8 Å². The van der Waals surface area contributed by atoms with Crippen molar-refractivity contribution in [3.63, 3.8) is 0 Å². The molecule has 0 bridgehead atoms. The number of thioether (sulfide) groups is 1. The Morgan fingerprint density at radius 1 is 1.10 bits per heavy atom. The van der Waals surface area contributed by atoms with Crippen LogP contribution in [0, 0.1) is 6.92 Å². The molecule has 1 atom stereocenters. The number of esters is 2. The van der Waals surface area contributed by atoms with Crippen LogP contribution in [0.15, 0.2) is 23.4 Å². The van der Waals surface area contributed by atoms with E-state index in [4.69, 9.17) is 37.4 Å². The first-order chi connectivity index (χ1) is 18.6. The first-order valence-electron chi connectivity index (χ1n) is 12.1. The van der Waals surface area contributed by atoms with E-state index in [1.165, 1.54) is 11.8 Å². The quantitative estimate of drug-likeness (QED) is 0.188. The van der Waals surface area contributed by atoms with Crippen molar-refractivity contribution in [3.05, 3.63) is 50.1 Å². The summed E-state index contributed by atoms with van der Waals surface area (Å²) in [5, 5.41) is 12.8. The van der Waals surface area contributed by atoms with Crippen molar-refractivity contribution < 1.29 is 28.6 Å². The molecule has 0 spiro atoms. The number of amides is 1. The van der Waals surface area contributed by atoms with Crippen molar-refractivity contribution in [2.45, 2.75) is 52.4 Å². The molecule has 39 heavy (non-hydrogen) atoms. The van der Waals surface area contributed by atoms with Gasteiger partial charge in [0.15, 0.2) is 17.1 Å². The van der Waals surface area contributed by atoms with E-state index in [2.05, 4.69) is 15.5 Å². The molecule has 3 rings (SSSR count). The van der Waals surface area contributed by atoms with E-state index in [0.29, 0.717) is 38.9 Å². The number of nitrogens with one attached hydrogen (secondary N) is 1. The third-order valence-electron chi connectivity index (χ3n) is 5.29. The maximum Gasteiger partial charge on any atom is 0.348 e. The lowest BCUT2D eigenvalue weighted by Crippen LogP contribution is -2.17. The van der Waals surface area contributed by atoms with E-state index in [0.717, 1.165) is 11.3 Å². The number of anilines is 1. The highest BCUT2D eigenvalue weighted by atomic mass is 35.5. The van der Waals surface area contributed by atoms with Gasteiger partial charge in [0.25, 0.3) is 0 Å². The number of aromatic nitrogens is 3. The molecule has 0 saturated carbocycles. The summed E-state index contributed by atoms with van der Waals surface area (Å²) in [6.45, 7) is 9.57. The second kappa shape index (κ2) is 14.0. The Morgan fingerprint density at radius 2 is 1.79 bits per heavy atom. The maximum absolute atomic E-state index is 12.9. The lowest BCUT2D eigenvalue weighted by molar-refractivity contribution is -0.113. The number of carbonyl (C=O) groups excluding carboxylic acids is 3. The smallest absolute Gasteiger partial charge is 0.348 e. The van der Waals surface area contributed by atoms with Gasteiger partial charge in [-0.2, -0.15) is 0 Å². The Hall–Kier alpha value is -2.80. The van der Waals surface area contributed by atoms with Crippen molar-refractivity contribution in [1.82, 2.24) is 14.8 Å². The summed E-state index contributed by atoms with van der Waals surface area (Å²) in [6, 6.07) is 4.94. The fourth-order valence-corrected chi connectivity index (χ4v) is 5.79. The number of halogens is 2. The number of benzene rings is 1. The number of rotatable bonds is 12. The Labute approximate surface area is 244 Å². The average Bonchev–Trinajstić information content (AvgIpc) is 3.45. The summed E-state index contributed by atoms with van der Waals surface area (Å²) in [6.07, 6.45) is -0.501. The molecule has 1 aromatic carbocycles. The highest BCUT2D eigenvalue weighted by molar-refractivity contribution is 7.99. The van der Waals surface area contributed by atoms with Gasteiger partial charge in [-0.15, -0.1) is 21.5 Å². The minimum Gasteiger partial charge on any atom is -0.481 e. The molecule has 14 heteroatoms. The van der Waals surface area contributed by atoms with Gasteiger partial charge in [0.1, 0.15) is 15.6 Å². The van der Waals surface area contributed by atoms with Crippen LogP contribution in [-0.4, -0.2) is 51.6 Å². The molecule has 0 fully saturated rings. The third kappa shape index (κ3) is 7.44. The molecule has 210 valence electrons. The zero-order chi connectivity index (χ0) is 28.7. The van der Waals surface area contributed by atoms with E-state index in [1.54, 1.807) is 39.0 Å². The minimum atomic E-state index is -0.631. The zero-order valence-electron chi connectivity index (χ0n) is 22.0. The van der Waals surface area contributed by atoms with Gasteiger partial charge in [0, 0.05) is 17.6 Å². The van der Waals surface area contributed by atoms with Crippen LogP contribution in [0.3, 0.4) is 0 Å². The Kier molecular flexibility index (Phi) is 11.0. The van der Waals surface area contributed by atoms with Crippen molar-refractivity contribution in [2.24, 2.45) is 0 Å². The summed E-state index contributed by atoms with van der Waals surface area (Å²) in [4.78, 5) is 38.1. The third-order valence-corrected chi connectivity index (χ3v) is 8.00. The normalized spacial score (nSPS) is 11.7. The number of hydrogen-bond acceptors (Lipinski definition) is 10. The lowest BCUT2D eigenvalue weighted by Gasteiger charge is -2.16. The number of thiophene rings is 1. The largest absolute Gasteiger partial charge is 0.481 e. The molecule has 3 aromatic rings. The lowest BCUT2D eigenvalue weighted by atomic mass is 10.1. The molecular formula is C25H28Cl2N4O6S2. The number of ether oxygens (including phenoxy) is 3. The molecule has 0 saturated heterocycles. The summed E-state index contributed by atoms with van der Waals surface area (Å²) in [7, 11) is 0. The SMILES string of the molecule is CCOC(=O)c1sc(NC(=O)CSc2nnc(C(C)Oc3cc(Cl)ccc3Cl)n2CC)c(C(=O)OCC)c1C. The molecule has 0 aliphatic heterocycles. The van der Waals surface area contributed by atoms with E-state index in [9.17, 15) is 14.4 Å². The van der Waals surface area contributed by atoms with E-state index >= 15 is 0 Å². The minimum absolute atomic E-state index is 0.0263. The van der Waals surface area contributed by atoms with Crippen molar-refractivity contribution in [2.75, 3.05) is 24.3 Å². The molecule has 1 unspecified atom stereocenters. The monoisotopic (exact) mass is 614 g/mol. The van der Waals surface area contributed by atoms with Crippen LogP contribution in [0.2, 0.25) is 10.0 Å². The fraction of sp³-hybridized carbons (Fsp3) is 0.400. The molecule has 1 N–H and O–H groups in total. The second-order valence-corrected chi connectivity index (χ2v) is 10.8. The predicted molar refractivity (Wildman–Crippen MR) is 152 cm³/mol. The summed E-state index contributed by atoms with van der Waals surface area (Å²) >= 11 is 14.4. The van der Waals surface area contributed by atoms with Crippen LogP contribution in [0.25, 0.3) is 0 Å². The van der Waals surface area contributed by atoms with Crippen LogP contribution < -0.4 is 10.1 Å². The van der Waals surface area contributed by atoms with Gasteiger partial charge in [0.05, 0.1) is 29.6 Å². The number of nitrogens with zero attached hydrogens (tertiary/aromatic N) is 3. The number of carbonyl (C=O) groups is 3. The first-order valence-corrected chi connectivity index (χ1v) is 14.6. The standard InChI is InChI=1S/C25H28Cl2N4O6S2/c1-6-31-21(14(5)37-17-11-15(26)9-10-16(17)27)29-30-25(31)38-12-18(32)28-22-19(23(33)35-7-2)13(4)20(39-22)24(34)36-8-3/h9-11,14H,6-8,12H2,1-5H3,(H,28,32). The maximum atomic E-state index is 12.9. The van der Waals surface area contributed by atoms with Crippen molar-refractivity contribution >= 4 is 69.1 Å². The van der Waals surface area contributed by atoms with Crippen LogP contribution in [0.4, 0.5) is 5.00 Å². The van der Waals surface area contributed by atoms with Gasteiger partial charge in [0.2, 0.25) is 5.91 Å². The van der Waals surface area contributed by atoms with Crippen LogP contribution in [0.1, 0.15) is 65.2 Å². The van der Waals surface area contributed by atoms with Crippen LogP contribution >= 0.6 is 46.3 Å². The summed E-state index contributed by atoms with van der Waals surface area (Å²) in [5.41, 5.74) is 0.525. The molecule has 0 aliphatic rings. The molecule has 0 aliphatic carbocycles. The van der Waals surface area contributed by atoms with Crippen molar-refractivity contribution in [1.29, 1.82) is 0 Å². The van der Waals surface area contributed by atoms with E-state index in [1.807, 2.05) is 18.4 Å². The van der Waals surface area contributed by atoms with Gasteiger partial charge in [-0.3, -0.25) is 4.79 Å². The highest BCUT2D eigenvalue weighted by Crippen LogP contribution is 2.35. The first kappa shape index (κ1) is 30.7. The Balaban J connectivity index is 1.74. The van der Waals surface area contributed by atoms with Crippen LogP contribution in [0.5, 0.6) is 5.75 Å². The van der Waals surface area contributed by atoms with E-state index in [-0.39, 0.29) is 34.4 Å². The molecule has 10 nitrogen and oxygen atoms in total. The van der Waals surface area contributed by atoms with Crippen molar-refractivity contribution in [3.8, 4) is 5.75 Å². The van der Waals surface area contributed by atoms with Gasteiger partial charge >= 0.3 is 11.9 Å². The summed E-state index contributed by atoms with van der Waals surface area (Å²) < 4.78 is 18.0. The van der Waals surface area contributed by atoms with Gasteiger partial charge in [-0.25, -0.2) is 9.59 Å². The molecule has 2 aromatic heterocycles. The average molecular weight is 616 g/mol. The molecule has 0 radical (unpaired) electrons. The Morgan fingerprint density at radius 3 is 2.46 bits per heavy atom. The second-order valence-electron chi connectivity index (χ2n) is 7.96. The van der Waals surface area contributed by atoms with Gasteiger partial charge in [-0.1, -0.05) is 35.0 Å². The molecule has 2 heterocycles. The molecular weight excluding hydrogens is 587 g/mol. The predicted octanol–water partition coefficient (Wildman–Crippen LogP) is 6.20. The van der Waals surface area contributed by atoms with Gasteiger partial charge in [-0.05, 0) is 52.3 Å². The summed E-state index contributed by atoms with van der Waals surface area (Å²) in [5.74, 6) is -0.657. The van der Waals surface area contributed by atoms with Gasteiger partial charge < -0.3 is 24.1 Å². The fourth-order valence-electron chi connectivity index (χ4n) is 3.55. The molecule has 1 amide bonds. The topological polar surface area (TPSA) is 122 Å². The Bertz CT molecular complexity index is 1360.